The van der Waals surface area contributed by atoms with Crippen molar-refractivity contribution in [3.05, 3.63) is 28.2 Å². The number of hydrogen-bond donors (Lipinski definition) is 1. The van der Waals surface area contributed by atoms with Gasteiger partial charge in [0.1, 0.15) is 5.75 Å². The van der Waals surface area contributed by atoms with Crippen LogP contribution in [-0.2, 0) is 11.3 Å². The minimum atomic E-state index is 0.326. The number of ether oxygens (including phenoxy) is 2. The summed E-state index contributed by atoms with van der Waals surface area (Å²) in [6.45, 7) is 2.67. The Balaban J connectivity index is 1.95. The van der Waals surface area contributed by atoms with Gasteiger partial charge in [-0.3, -0.25) is 0 Å². The minimum Gasteiger partial charge on any atom is -0.496 e. The largest absolute Gasteiger partial charge is 0.496 e. The summed E-state index contributed by atoms with van der Waals surface area (Å²) in [5.74, 6) is 0.886. The SMILES string of the molecule is COc1ccc(Br)cc1COC1CCCNC1. The van der Waals surface area contributed by atoms with Crippen molar-refractivity contribution in [3.8, 4) is 5.75 Å². The van der Waals surface area contributed by atoms with Crippen LogP contribution in [0.5, 0.6) is 5.75 Å². The van der Waals surface area contributed by atoms with E-state index < -0.39 is 0 Å². The lowest BCUT2D eigenvalue weighted by molar-refractivity contribution is 0.0244. The molecule has 1 heterocycles. The number of rotatable bonds is 4. The Bertz CT molecular complexity index is 364. The molecule has 1 saturated heterocycles. The Kier molecular flexibility index (Phi) is 4.83. The summed E-state index contributed by atoms with van der Waals surface area (Å²) in [4.78, 5) is 0. The molecule has 0 saturated carbocycles. The molecule has 1 aliphatic rings. The van der Waals surface area contributed by atoms with Gasteiger partial charge in [-0.2, -0.15) is 0 Å². The molecule has 0 aromatic heterocycles. The smallest absolute Gasteiger partial charge is 0.124 e. The summed E-state index contributed by atoms with van der Waals surface area (Å²) in [5, 5.41) is 3.35. The first-order valence-corrected chi connectivity index (χ1v) is 6.73. The van der Waals surface area contributed by atoms with Crippen molar-refractivity contribution in [1.82, 2.24) is 5.32 Å². The van der Waals surface area contributed by atoms with Crippen LogP contribution >= 0.6 is 15.9 Å². The van der Waals surface area contributed by atoms with Gasteiger partial charge in [0.15, 0.2) is 0 Å². The first kappa shape index (κ1) is 12.9. The van der Waals surface area contributed by atoms with Crippen LogP contribution in [-0.4, -0.2) is 26.3 Å². The van der Waals surface area contributed by atoms with Crippen LogP contribution in [0.15, 0.2) is 22.7 Å². The maximum absolute atomic E-state index is 5.90. The van der Waals surface area contributed by atoms with Crippen LogP contribution in [0.3, 0.4) is 0 Å². The van der Waals surface area contributed by atoms with E-state index in [1.807, 2.05) is 12.1 Å². The maximum atomic E-state index is 5.90. The zero-order chi connectivity index (χ0) is 12.1. The highest BCUT2D eigenvalue weighted by molar-refractivity contribution is 9.10. The molecule has 0 bridgehead atoms. The van der Waals surface area contributed by atoms with Crippen molar-refractivity contribution in [2.24, 2.45) is 0 Å². The second kappa shape index (κ2) is 6.38. The molecule has 0 spiro atoms. The van der Waals surface area contributed by atoms with Crippen molar-refractivity contribution < 1.29 is 9.47 Å². The second-order valence-electron chi connectivity index (χ2n) is 4.24. The van der Waals surface area contributed by atoms with Gasteiger partial charge in [0.05, 0.1) is 19.8 Å². The Morgan fingerprint density at radius 2 is 2.35 bits per heavy atom. The van der Waals surface area contributed by atoms with Crippen LogP contribution in [0.4, 0.5) is 0 Å². The van der Waals surface area contributed by atoms with Gasteiger partial charge in [-0.15, -0.1) is 0 Å². The highest BCUT2D eigenvalue weighted by Crippen LogP contribution is 2.24. The average Bonchev–Trinajstić information content (AvgIpc) is 2.38. The number of hydrogen-bond acceptors (Lipinski definition) is 3. The summed E-state index contributed by atoms with van der Waals surface area (Å²) >= 11 is 3.47. The Hall–Kier alpha value is -0.580. The standard InChI is InChI=1S/C13H18BrNO2/c1-16-13-5-4-11(14)7-10(13)9-17-12-3-2-6-15-8-12/h4-5,7,12,15H,2-3,6,8-9H2,1H3. The van der Waals surface area contributed by atoms with Gasteiger partial charge in [-0.25, -0.2) is 0 Å². The first-order valence-electron chi connectivity index (χ1n) is 5.94. The molecule has 0 amide bonds. The zero-order valence-electron chi connectivity index (χ0n) is 10.0. The summed E-state index contributed by atoms with van der Waals surface area (Å²) in [6, 6.07) is 5.99. The normalized spacial score (nSPS) is 20.2. The number of halogens is 1. The fourth-order valence-electron chi connectivity index (χ4n) is 2.03. The molecular formula is C13H18BrNO2. The van der Waals surface area contributed by atoms with Crippen molar-refractivity contribution in [3.63, 3.8) is 0 Å². The average molecular weight is 300 g/mol. The lowest BCUT2D eigenvalue weighted by Gasteiger charge is -2.23. The Morgan fingerprint density at radius 1 is 1.47 bits per heavy atom. The molecule has 1 aromatic rings. The molecule has 4 heteroatoms. The lowest BCUT2D eigenvalue weighted by atomic mass is 10.1. The van der Waals surface area contributed by atoms with E-state index in [2.05, 4.69) is 27.3 Å². The predicted octanol–water partition coefficient (Wildman–Crippen LogP) is 2.73. The molecule has 94 valence electrons. The molecule has 1 unspecified atom stereocenters. The number of methoxy groups -OCH3 is 1. The monoisotopic (exact) mass is 299 g/mol. The molecule has 17 heavy (non-hydrogen) atoms. The fraction of sp³-hybridized carbons (Fsp3) is 0.538. The second-order valence-corrected chi connectivity index (χ2v) is 5.15. The van der Waals surface area contributed by atoms with E-state index in [1.165, 1.54) is 6.42 Å². The highest BCUT2D eigenvalue weighted by atomic mass is 79.9. The summed E-state index contributed by atoms with van der Waals surface area (Å²) in [5.41, 5.74) is 1.09. The van der Waals surface area contributed by atoms with Gasteiger partial charge >= 0.3 is 0 Å². The first-order chi connectivity index (χ1) is 8.29. The molecule has 0 aliphatic carbocycles. The van der Waals surface area contributed by atoms with E-state index in [-0.39, 0.29) is 0 Å². The summed E-state index contributed by atoms with van der Waals surface area (Å²) in [7, 11) is 1.69. The van der Waals surface area contributed by atoms with E-state index in [9.17, 15) is 0 Å². The van der Waals surface area contributed by atoms with Gasteiger partial charge in [0.2, 0.25) is 0 Å². The summed E-state index contributed by atoms with van der Waals surface area (Å²) in [6.07, 6.45) is 2.66. The predicted molar refractivity (Wildman–Crippen MR) is 71.4 cm³/mol. The van der Waals surface area contributed by atoms with Crippen LogP contribution in [0.25, 0.3) is 0 Å². The minimum absolute atomic E-state index is 0.326. The van der Waals surface area contributed by atoms with Gasteiger partial charge in [0, 0.05) is 16.6 Å². The van der Waals surface area contributed by atoms with Gasteiger partial charge in [0.25, 0.3) is 0 Å². The third kappa shape index (κ3) is 3.69. The van der Waals surface area contributed by atoms with Gasteiger partial charge in [-0.1, -0.05) is 15.9 Å². The molecule has 1 N–H and O–H groups in total. The molecular weight excluding hydrogens is 282 g/mol. The number of piperidine rings is 1. The van der Waals surface area contributed by atoms with E-state index in [4.69, 9.17) is 9.47 Å². The van der Waals surface area contributed by atoms with Crippen molar-refractivity contribution in [2.45, 2.75) is 25.6 Å². The van der Waals surface area contributed by atoms with Crippen LogP contribution in [0.2, 0.25) is 0 Å². The number of benzene rings is 1. The quantitative estimate of drug-likeness (QED) is 0.927. The highest BCUT2D eigenvalue weighted by Gasteiger charge is 2.14. The van der Waals surface area contributed by atoms with Crippen LogP contribution < -0.4 is 10.1 Å². The molecule has 1 fully saturated rings. The molecule has 2 rings (SSSR count). The molecule has 3 nitrogen and oxygen atoms in total. The third-order valence-electron chi connectivity index (χ3n) is 2.97. The zero-order valence-corrected chi connectivity index (χ0v) is 11.6. The molecule has 1 aromatic carbocycles. The van der Waals surface area contributed by atoms with Crippen LogP contribution in [0.1, 0.15) is 18.4 Å². The lowest BCUT2D eigenvalue weighted by Crippen LogP contribution is -2.35. The van der Waals surface area contributed by atoms with Gasteiger partial charge < -0.3 is 14.8 Å². The van der Waals surface area contributed by atoms with Crippen molar-refractivity contribution in [1.29, 1.82) is 0 Å². The molecule has 1 atom stereocenters. The Labute approximate surface area is 111 Å². The van der Waals surface area contributed by atoms with E-state index in [0.29, 0.717) is 12.7 Å². The molecule has 1 aliphatic heterocycles. The summed E-state index contributed by atoms with van der Waals surface area (Å²) < 4.78 is 12.3. The third-order valence-corrected chi connectivity index (χ3v) is 3.46. The Morgan fingerprint density at radius 3 is 3.06 bits per heavy atom. The van der Waals surface area contributed by atoms with Crippen LogP contribution in [0, 0.1) is 0 Å². The van der Waals surface area contributed by atoms with Crippen molar-refractivity contribution >= 4 is 15.9 Å². The van der Waals surface area contributed by atoms with Gasteiger partial charge in [-0.05, 0) is 37.6 Å². The topological polar surface area (TPSA) is 30.5 Å². The van der Waals surface area contributed by atoms with E-state index >= 15 is 0 Å². The number of nitrogens with one attached hydrogen (secondary N) is 1. The van der Waals surface area contributed by atoms with E-state index in [1.54, 1.807) is 7.11 Å². The molecule has 0 radical (unpaired) electrons. The van der Waals surface area contributed by atoms with E-state index in [0.717, 1.165) is 35.3 Å². The fourth-order valence-corrected chi connectivity index (χ4v) is 2.44. The van der Waals surface area contributed by atoms with Crippen molar-refractivity contribution in [2.75, 3.05) is 20.2 Å². The maximum Gasteiger partial charge on any atom is 0.124 e.